The first-order valence-corrected chi connectivity index (χ1v) is 6.55. The number of hydrogen-bond acceptors (Lipinski definition) is 2. The van der Waals surface area contributed by atoms with E-state index in [0.717, 1.165) is 25.7 Å². The molecule has 1 aliphatic carbocycles. The smallest absolute Gasteiger partial charge is 0.303 e. The first kappa shape index (κ1) is 15.0. The molecular formula is C14H23O4. The second-order valence-corrected chi connectivity index (χ2v) is 6.17. The van der Waals surface area contributed by atoms with Crippen molar-refractivity contribution < 1.29 is 19.8 Å². The third-order valence-electron chi connectivity index (χ3n) is 3.78. The summed E-state index contributed by atoms with van der Waals surface area (Å²) in [5.41, 5.74) is -0.452. The summed E-state index contributed by atoms with van der Waals surface area (Å²) in [7, 11) is 0. The summed E-state index contributed by atoms with van der Waals surface area (Å²) < 4.78 is 0. The van der Waals surface area contributed by atoms with Crippen LogP contribution in [0.2, 0.25) is 0 Å². The Morgan fingerprint density at radius 3 is 2.17 bits per heavy atom. The molecule has 4 heteroatoms. The van der Waals surface area contributed by atoms with Gasteiger partial charge in [-0.2, -0.15) is 0 Å². The second-order valence-electron chi connectivity index (χ2n) is 6.17. The van der Waals surface area contributed by atoms with Gasteiger partial charge in [-0.3, -0.25) is 9.59 Å². The Kier molecular flexibility index (Phi) is 4.77. The molecule has 0 aromatic carbocycles. The zero-order chi connectivity index (χ0) is 13.8. The van der Waals surface area contributed by atoms with E-state index < -0.39 is 11.9 Å². The fourth-order valence-electron chi connectivity index (χ4n) is 3.08. The fourth-order valence-corrected chi connectivity index (χ4v) is 3.08. The van der Waals surface area contributed by atoms with Gasteiger partial charge in [0.2, 0.25) is 0 Å². The van der Waals surface area contributed by atoms with E-state index in [-0.39, 0.29) is 23.7 Å². The summed E-state index contributed by atoms with van der Waals surface area (Å²) in [5.74, 6) is -1.56. The molecule has 1 aliphatic rings. The fraction of sp³-hybridized carbons (Fsp3) is 0.786. The Morgan fingerprint density at radius 1 is 1.17 bits per heavy atom. The molecule has 0 bridgehead atoms. The van der Waals surface area contributed by atoms with Gasteiger partial charge in [0.15, 0.2) is 0 Å². The largest absolute Gasteiger partial charge is 0.481 e. The number of aliphatic carboxylic acids is 2. The molecule has 0 amide bonds. The quantitative estimate of drug-likeness (QED) is 0.733. The molecule has 1 fully saturated rings. The highest BCUT2D eigenvalue weighted by Crippen LogP contribution is 2.49. The Balaban J connectivity index is 2.64. The summed E-state index contributed by atoms with van der Waals surface area (Å²) in [6.07, 6.45) is 6.94. The molecule has 18 heavy (non-hydrogen) atoms. The summed E-state index contributed by atoms with van der Waals surface area (Å²) in [6.45, 7) is 4.00. The van der Waals surface area contributed by atoms with Crippen molar-refractivity contribution in [3.05, 3.63) is 6.42 Å². The first-order chi connectivity index (χ1) is 8.25. The molecule has 2 N–H and O–H groups in total. The summed E-state index contributed by atoms with van der Waals surface area (Å²) in [6, 6.07) is 0. The molecule has 0 atom stereocenters. The minimum absolute atomic E-state index is 0.132. The average Bonchev–Trinajstić information content (AvgIpc) is 2.61. The number of carboxylic acids is 2. The molecule has 0 aliphatic heterocycles. The van der Waals surface area contributed by atoms with Crippen molar-refractivity contribution >= 4 is 11.9 Å². The molecule has 0 saturated heterocycles. The molecule has 0 heterocycles. The van der Waals surface area contributed by atoms with Crippen molar-refractivity contribution in [2.45, 2.75) is 58.8 Å². The average molecular weight is 255 g/mol. The number of carbonyl (C=O) groups is 2. The summed E-state index contributed by atoms with van der Waals surface area (Å²) >= 11 is 0. The molecule has 4 nitrogen and oxygen atoms in total. The van der Waals surface area contributed by atoms with Gasteiger partial charge >= 0.3 is 11.9 Å². The molecule has 0 aromatic rings. The maximum absolute atomic E-state index is 11.0. The maximum Gasteiger partial charge on any atom is 0.303 e. The molecule has 0 spiro atoms. The lowest BCUT2D eigenvalue weighted by molar-refractivity contribution is -0.140. The van der Waals surface area contributed by atoms with E-state index in [4.69, 9.17) is 10.2 Å². The Morgan fingerprint density at radius 2 is 1.72 bits per heavy atom. The van der Waals surface area contributed by atoms with E-state index in [1.54, 1.807) is 0 Å². The number of carboxylic acid groups (broad SMARTS) is 2. The Hall–Kier alpha value is -1.06. The highest BCUT2D eigenvalue weighted by molar-refractivity contribution is 5.68. The van der Waals surface area contributed by atoms with E-state index in [1.807, 2.05) is 13.8 Å². The molecule has 1 radical (unpaired) electrons. The minimum Gasteiger partial charge on any atom is -0.481 e. The van der Waals surface area contributed by atoms with Gasteiger partial charge in [-0.15, -0.1) is 0 Å². The minimum atomic E-state index is -0.796. The van der Waals surface area contributed by atoms with Crippen LogP contribution in [0.4, 0.5) is 0 Å². The van der Waals surface area contributed by atoms with Crippen LogP contribution in [0.15, 0.2) is 0 Å². The van der Waals surface area contributed by atoms with Crippen molar-refractivity contribution in [3.8, 4) is 0 Å². The van der Waals surface area contributed by atoms with Crippen LogP contribution >= 0.6 is 0 Å². The highest BCUT2D eigenvalue weighted by Gasteiger charge is 2.40. The van der Waals surface area contributed by atoms with Gasteiger partial charge in [-0.05, 0) is 36.5 Å². The van der Waals surface area contributed by atoms with Crippen LogP contribution in [0.25, 0.3) is 0 Å². The van der Waals surface area contributed by atoms with Gasteiger partial charge < -0.3 is 10.2 Å². The van der Waals surface area contributed by atoms with Gasteiger partial charge in [0.1, 0.15) is 0 Å². The zero-order valence-corrected chi connectivity index (χ0v) is 11.2. The van der Waals surface area contributed by atoms with Crippen LogP contribution in [0, 0.1) is 17.3 Å². The lowest BCUT2D eigenvalue weighted by atomic mass is 9.68. The topological polar surface area (TPSA) is 74.6 Å². The molecule has 1 saturated carbocycles. The zero-order valence-electron chi connectivity index (χ0n) is 11.2. The predicted octanol–water partition coefficient (Wildman–Crippen LogP) is 3.12. The lowest BCUT2D eigenvalue weighted by Gasteiger charge is -2.36. The van der Waals surface area contributed by atoms with Crippen LogP contribution in [0.3, 0.4) is 0 Å². The molecule has 103 valence electrons. The van der Waals surface area contributed by atoms with Gasteiger partial charge in [0.25, 0.3) is 0 Å². The van der Waals surface area contributed by atoms with Crippen LogP contribution in [0.5, 0.6) is 0 Å². The summed E-state index contributed by atoms with van der Waals surface area (Å²) in [4.78, 5) is 21.6. The molecule has 1 rings (SSSR count). The van der Waals surface area contributed by atoms with Crippen LogP contribution in [0.1, 0.15) is 58.8 Å². The van der Waals surface area contributed by atoms with E-state index in [1.165, 1.54) is 0 Å². The van der Waals surface area contributed by atoms with E-state index in [0.29, 0.717) is 6.42 Å². The third kappa shape index (κ3) is 4.67. The van der Waals surface area contributed by atoms with Crippen LogP contribution in [-0.2, 0) is 9.59 Å². The van der Waals surface area contributed by atoms with Crippen molar-refractivity contribution in [1.29, 1.82) is 0 Å². The Bertz CT molecular complexity index is 314. The SMILES string of the molecule is CC(C)([CH]C1(CC(=O)O)CCCC1)CCC(=O)O. The number of rotatable bonds is 7. The van der Waals surface area contributed by atoms with Gasteiger partial charge in [0, 0.05) is 6.42 Å². The third-order valence-corrected chi connectivity index (χ3v) is 3.78. The normalized spacial score (nSPS) is 18.8. The van der Waals surface area contributed by atoms with Crippen LogP contribution < -0.4 is 0 Å². The monoisotopic (exact) mass is 255 g/mol. The lowest BCUT2D eigenvalue weighted by Crippen LogP contribution is -2.29. The Labute approximate surface area is 108 Å². The van der Waals surface area contributed by atoms with E-state index in [2.05, 4.69) is 6.42 Å². The summed E-state index contributed by atoms with van der Waals surface area (Å²) in [5, 5.41) is 17.8. The van der Waals surface area contributed by atoms with Crippen molar-refractivity contribution in [1.82, 2.24) is 0 Å². The number of hydrogen-bond donors (Lipinski definition) is 2. The maximum atomic E-state index is 11.0. The van der Waals surface area contributed by atoms with E-state index >= 15 is 0 Å². The molecular weight excluding hydrogens is 232 g/mol. The first-order valence-electron chi connectivity index (χ1n) is 6.55. The van der Waals surface area contributed by atoms with Crippen molar-refractivity contribution in [2.24, 2.45) is 10.8 Å². The van der Waals surface area contributed by atoms with Gasteiger partial charge in [-0.1, -0.05) is 26.7 Å². The van der Waals surface area contributed by atoms with Gasteiger partial charge in [-0.25, -0.2) is 0 Å². The van der Waals surface area contributed by atoms with Crippen LogP contribution in [-0.4, -0.2) is 22.2 Å². The van der Waals surface area contributed by atoms with E-state index in [9.17, 15) is 9.59 Å². The highest BCUT2D eigenvalue weighted by atomic mass is 16.4. The van der Waals surface area contributed by atoms with Crippen molar-refractivity contribution in [2.75, 3.05) is 0 Å². The molecule has 0 aromatic heterocycles. The molecule has 0 unspecified atom stereocenters. The van der Waals surface area contributed by atoms with Gasteiger partial charge in [0.05, 0.1) is 6.42 Å². The van der Waals surface area contributed by atoms with Crippen molar-refractivity contribution in [3.63, 3.8) is 0 Å². The second kappa shape index (κ2) is 5.72. The predicted molar refractivity (Wildman–Crippen MR) is 68.1 cm³/mol. The standard InChI is InChI=1S/C14H23O4/c1-13(2,8-5-11(15)16)10-14(9-12(17)18)6-3-4-7-14/h10H,3-9H2,1-2H3,(H,15,16)(H,17,18).